The van der Waals surface area contributed by atoms with Crippen molar-refractivity contribution in [3.05, 3.63) is 46.1 Å². The van der Waals surface area contributed by atoms with Crippen molar-refractivity contribution in [3.63, 3.8) is 0 Å². The number of halogens is 1. The van der Waals surface area contributed by atoms with Crippen molar-refractivity contribution in [1.82, 2.24) is 9.88 Å². The van der Waals surface area contributed by atoms with Gasteiger partial charge in [-0.3, -0.25) is 9.69 Å². The summed E-state index contributed by atoms with van der Waals surface area (Å²) in [5.41, 5.74) is 3.10. The maximum absolute atomic E-state index is 13.3. The lowest BCUT2D eigenvalue weighted by atomic mass is 10.1. The predicted molar refractivity (Wildman–Crippen MR) is 123 cm³/mol. The lowest BCUT2D eigenvalue weighted by molar-refractivity contribution is 0.0743. The summed E-state index contributed by atoms with van der Waals surface area (Å²) in [6, 6.07) is 5.17. The van der Waals surface area contributed by atoms with Gasteiger partial charge in [0.2, 0.25) is 0 Å². The molecule has 32 heavy (non-hydrogen) atoms. The Morgan fingerprint density at radius 3 is 2.50 bits per heavy atom. The number of hydrogen-bond acceptors (Lipinski definition) is 6. The molecule has 0 N–H and O–H groups in total. The first-order chi connectivity index (χ1) is 15.3. The summed E-state index contributed by atoms with van der Waals surface area (Å²) in [5.74, 6) is 1.18. The molecule has 170 valence electrons. The molecule has 2 aliphatic heterocycles. The highest BCUT2D eigenvalue weighted by atomic mass is 35.5. The van der Waals surface area contributed by atoms with E-state index in [0.717, 1.165) is 16.9 Å². The van der Waals surface area contributed by atoms with E-state index in [2.05, 4.69) is 22.9 Å². The Morgan fingerprint density at radius 1 is 1.19 bits per heavy atom. The van der Waals surface area contributed by atoms with Crippen molar-refractivity contribution in [2.45, 2.75) is 26.8 Å². The fourth-order valence-corrected chi connectivity index (χ4v) is 4.50. The zero-order valence-corrected chi connectivity index (χ0v) is 19.5. The molecule has 2 saturated heterocycles. The number of rotatable bonds is 4. The molecular weight excluding hydrogens is 432 g/mol. The Bertz CT molecular complexity index is 1050. The molecule has 4 rings (SSSR count). The van der Waals surface area contributed by atoms with E-state index < -0.39 is 6.09 Å². The molecule has 2 amide bonds. The number of hydrogen-bond donors (Lipinski definition) is 0. The van der Waals surface area contributed by atoms with Crippen LogP contribution in [0.5, 0.6) is 5.75 Å². The van der Waals surface area contributed by atoms with Crippen LogP contribution in [0.15, 0.2) is 24.4 Å². The van der Waals surface area contributed by atoms with Gasteiger partial charge < -0.3 is 19.3 Å². The molecule has 0 spiro atoms. The van der Waals surface area contributed by atoms with Crippen molar-refractivity contribution in [1.29, 1.82) is 0 Å². The van der Waals surface area contributed by atoms with Crippen LogP contribution in [-0.4, -0.2) is 67.8 Å². The molecule has 0 saturated carbocycles. The second kappa shape index (κ2) is 8.86. The third-order valence-corrected chi connectivity index (χ3v) is 6.20. The lowest BCUT2D eigenvalue weighted by Gasteiger charge is -2.36. The zero-order valence-electron chi connectivity index (χ0n) is 18.7. The van der Waals surface area contributed by atoms with Gasteiger partial charge in [-0.05, 0) is 38.0 Å². The third-order valence-electron chi connectivity index (χ3n) is 5.90. The third kappa shape index (κ3) is 4.07. The number of carbonyl (C=O) groups excluding carboxylic acids is 2. The Balaban J connectivity index is 1.52. The average Bonchev–Trinajstić information content (AvgIpc) is 3.11. The normalized spacial score (nSPS) is 18.7. The lowest BCUT2D eigenvalue weighted by Crippen LogP contribution is -2.49. The predicted octanol–water partition coefficient (Wildman–Crippen LogP) is 3.67. The van der Waals surface area contributed by atoms with E-state index in [-0.39, 0.29) is 18.6 Å². The molecule has 0 bridgehead atoms. The first kappa shape index (κ1) is 22.2. The minimum atomic E-state index is -0.461. The topological polar surface area (TPSA) is 75.2 Å². The minimum absolute atomic E-state index is 0.152. The number of cyclic esters (lactones) is 1. The number of amides is 2. The smallest absolute Gasteiger partial charge is 0.414 e. The van der Waals surface area contributed by atoms with Crippen LogP contribution < -0.4 is 14.5 Å². The number of methoxy groups -OCH3 is 1. The van der Waals surface area contributed by atoms with Crippen LogP contribution in [0.2, 0.25) is 5.02 Å². The number of pyridine rings is 1. The molecule has 3 heterocycles. The van der Waals surface area contributed by atoms with E-state index in [0.29, 0.717) is 48.2 Å². The molecule has 2 aromatic rings. The molecule has 8 nitrogen and oxygen atoms in total. The highest BCUT2D eigenvalue weighted by molar-refractivity contribution is 6.34. The number of ether oxygens (including phenoxy) is 2. The molecule has 2 fully saturated rings. The van der Waals surface area contributed by atoms with Gasteiger partial charge in [0.1, 0.15) is 18.2 Å². The number of piperazine rings is 1. The summed E-state index contributed by atoms with van der Waals surface area (Å²) in [6.07, 6.45) is 1.40. The van der Waals surface area contributed by atoms with Crippen LogP contribution in [0.4, 0.5) is 16.3 Å². The molecule has 1 unspecified atom stereocenters. The van der Waals surface area contributed by atoms with E-state index in [1.54, 1.807) is 17.0 Å². The summed E-state index contributed by atoms with van der Waals surface area (Å²) in [4.78, 5) is 35.5. The van der Waals surface area contributed by atoms with Crippen molar-refractivity contribution in [2.24, 2.45) is 0 Å². The molecule has 1 atom stereocenters. The highest BCUT2D eigenvalue weighted by Crippen LogP contribution is 2.37. The second-order valence-electron chi connectivity index (χ2n) is 8.23. The van der Waals surface area contributed by atoms with Gasteiger partial charge in [0.15, 0.2) is 0 Å². The van der Waals surface area contributed by atoms with Gasteiger partial charge in [-0.2, -0.15) is 0 Å². The fourth-order valence-electron chi connectivity index (χ4n) is 4.25. The summed E-state index contributed by atoms with van der Waals surface area (Å²) in [6.45, 7) is 8.74. The molecule has 1 aromatic heterocycles. The quantitative estimate of drug-likeness (QED) is 0.696. The van der Waals surface area contributed by atoms with Crippen LogP contribution in [0.1, 0.15) is 28.4 Å². The molecule has 2 aliphatic rings. The van der Waals surface area contributed by atoms with Crippen LogP contribution >= 0.6 is 11.6 Å². The summed E-state index contributed by atoms with van der Waals surface area (Å²) in [5, 5.41) is 0.304. The van der Waals surface area contributed by atoms with Crippen molar-refractivity contribution in [3.8, 4) is 5.75 Å². The van der Waals surface area contributed by atoms with E-state index in [9.17, 15) is 9.59 Å². The number of aromatic nitrogens is 1. The van der Waals surface area contributed by atoms with Crippen molar-refractivity contribution < 1.29 is 19.1 Å². The van der Waals surface area contributed by atoms with Gasteiger partial charge in [0.05, 0.1) is 29.4 Å². The van der Waals surface area contributed by atoms with E-state index >= 15 is 0 Å². The maximum atomic E-state index is 13.3. The van der Waals surface area contributed by atoms with Gasteiger partial charge >= 0.3 is 6.09 Å². The molecule has 1 aromatic carbocycles. The highest BCUT2D eigenvalue weighted by Gasteiger charge is 2.34. The average molecular weight is 459 g/mol. The summed E-state index contributed by atoms with van der Waals surface area (Å²) < 4.78 is 10.6. The molecular formula is C23H27ClN4O4. The van der Waals surface area contributed by atoms with Gasteiger partial charge in [0.25, 0.3) is 5.91 Å². The Hall–Kier alpha value is -3.00. The monoisotopic (exact) mass is 458 g/mol. The van der Waals surface area contributed by atoms with Crippen LogP contribution in [0, 0.1) is 13.8 Å². The Kier molecular flexibility index (Phi) is 6.15. The van der Waals surface area contributed by atoms with Crippen LogP contribution in [-0.2, 0) is 4.74 Å². The van der Waals surface area contributed by atoms with E-state index in [1.165, 1.54) is 12.0 Å². The largest absolute Gasteiger partial charge is 0.496 e. The number of anilines is 2. The molecule has 9 heteroatoms. The first-order valence-corrected chi connectivity index (χ1v) is 11.0. The second-order valence-corrected chi connectivity index (χ2v) is 8.64. The Morgan fingerprint density at radius 2 is 1.91 bits per heavy atom. The number of benzene rings is 1. The van der Waals surface area contributed by atoms with E-state index in [1.807, 2.05) is 20.0 Å². The molecule has 0 aliphatic carbocycles. The number of nitrogens with zero attached hydrogens (tertiary/aromatic N) is 4. The van der Waals surface area contributed by atoms with Gasteiger partial charge in [-0.1, -0.05) is 17.7 Å². The maximum Gasteiger partial charge on any atom is 0.414 e. The SMILES string of the molecule is COc1cc(N2C(=O)OCC2C)c(Cl)cc1C(=O)N1CCN(c2ncc(C)cc2C)CC1. The van der Waals surface area contributed by atoms with Crippen LogP contribution in [0.25, 0.3) is 0 Å². The minimum Gasteiger partial charge on any atom is -0.496 e. The standard InChI is InChI=1S/C23H27ClN4O4/c1-14-9-15(2)21(25-12-14)26-5-7-27(8-6-26)22(29)17-10-18(24)19(11-20(17)31-4)28-16(3)13-32-23(28)30/h9-12,16H,5-8,13H2,1-4H3. The number of carbonyl (C=O) groups is 2. The summed E-state index contributed by atoms with van der Waals surface area (Å²) in [7, 11) is 1.50. The fraction of sp³-hybridized carbons (Fsp3) is 0.435. The molecule has 0 radical (unpaired) electrons. The van der Waals surface area contributed by atoms with E-state index in [4.69, 9.17) is 21.1 Å². The summed E-state index contributed by atoms with van der Waals surface area (Å²) >= 11 is 6.49. The van der Waals surface area contributed by atoms with Gasteiger partial charge in [0, 0.05) is 38.4 Å². The van der Waals surface area contributed by atoms with Crippen LogP contribution in [0.3, 0.4) is 0 Å². The van der Waals surface area contributed by atoms with Gasteiger partial charge in [-0.15, -0.1) is 0 Å². The number of aryl methyl sites for hydroxylation is 2. The van der Waals surface area contributed by atoms with Gasteiger partial charge in [-0.25, -0.2) is 9.78 Å². The Labute approximate surface area is 192 Å². The van der Waals surface area contributed by atoms with Crippen molar-refractivity contribution >= 4 is 35.1 Å². The first-order valence-electron chi connectivity index (χ1n) is 10.6. The van der Waals surface area contributed by atoms with Crippen molar-refractivity contribution in [2.75, 3.05) is 49.7 Å². The zero-order chi connectivity index (χ0) is 23.0.